The highest BCUT2D eigenvalue weighted by molar-refractivity contribution is 8.00. The first-order chi connectivity index (χ1) is 17.1. The predicted molar refractivity (Wildman–Crippen MR) is 139 cm³/mol. The number of likely N-dealkylation sites (N-methyl/N-ethyl adjacent to an activating group) is 1. The summed E-state index contributed by atoms with van der Waals surface area (Å²) in [5.41, 5.74) is 11.7. The average molecular weight is 509 g/mol. The molecule has 0 fully saturated rings. The summed E-state index contributed by atoms with van der Waals surface area (Å²) in [7, 11) is 1.50. The fourth-order valence-electron chi connectivity index (χ4n) is 4.39. The first-order valence-electron chi connectivity index (χ1n) is 11.8. The number of nitriles is 2. The number of carboxylic acids is 1. The molecule has 0 bridgehead atoms. The lowest BCUT2D eigenvalue weighted by molar-refractivity contribution is -0.145. The highest BCUT2D eigenvalue weighted by atomic mass is 32.2. The Hall–Kier alpha value is -3.60. The maximum atomic E-state index is 12.5. The van der Waals surface area contributed by atoms with Crippen molar-refractivity contribution in [3.05, 3.63) is 52.6 Å². The van der Waals surface area contributed by atoms with Crippen LogP contribution in [0.4, 0.5) is 5.82 Å². The molecule has 3 atom stereocenters. The summed E-state index contributed by atoms with van der Waals surface area (Å²) in [5, 5.41) is 29.6. The number of primary amides is 1. The van der Waals surface area contributed by atoms with E-state index in [9.17, 15) is 25.2 Å². The van der Waals surface area contributed by atoms with Gasteiger partial charge < -0.3 is 15.7 Å². The Morgan fingerprint density at radius 1 is 1.17 bits per heavy atom. The minimum Gasteiger partial charge on any atom is -0.478 e. The zero-order chi connectivity index (χ0) is 27.0. The first kappa shape index (κ1) is 28.6. The molecule has 10 heteroatoms. The van der Waals surface area contributed by atoms with Gasteiger partial charge in [0.15, 0.2) is 5.66 Å². The smallest absolute Gasteiger partial charge is 0.344 e. The molecule has 0 spiro atoms. The number of anilines is 1. The third-order valence-corrected chi connectivity index (χ3v) is 7.64. The predicted octanol–water partition coefficient (Wildman–Crippen LogP) is 3.71. The van der Waals surface area contributed by atoms with Gasteiger partial charge in [0.1, 0.15) is 28.2 Å². The van der Waals surface area contributed by atoms with Crippen LogP contribution in [-0.2, 0) is 16.0 Å². The highest BCUT2D eigenvalue weighted by Gasteiger charge is 2.46. The van der Waals surface area contributed by atoms with Crippen LogP contribution >= 0.6 is 11.8 Å². The Labute approximate surface area is 216 Å². The third-order valence-electron chi connectivity index (χ3n) is 6.38. The van der Waals surface area contributed by atoms with Gasteiger partial charge in [0.05, 0.1) is 11.1 Å². The monoisotopic (exact) mass is 508 g/mol. The summed E-state index contributed by atoms with van der Waals surface area (Å²) in [6.45, 7) is 5.60. The molecule has 9 nitrogen and oxygen atoms in total. The normalized spacial score (nSPS) is 14.1. The van der Waals surface area contributed by atoms with E-state index < -0.39 is 28.7 Å². The van der Waals surface area contributed by atoms with Gasteiger partial charge in [-0.2, -0.15) is 10.5 Å². The number of nitrogens with two attached hydrogens (primary N) is 2. The van der Waals surface area contributed by atoms with Gasteiger partial charge in [0.25, 0.3) is 0 Å². The minimum atomic E-state index is -1.85. The Bertz CT molecular complexity index is 1190. The van der Waals surface area contributed by atoms with Crippen molar-refractivity contribution >= 4 is 29.5 Å². The largest absolute Gasteiger partial charge is 0.478 e. The maximum Gasteiger partial charge on any atom is 0.344 e. The van der Waals surface area contributed by atoms with E-state index in [1.165, 1.54) is 11.9 Å². The Morgan fingerprint density at radius 2 is 1.78 bits per heavy atom. The molecule has 2 unspecified atom stereocenters. The molecule has 1 amide bonds. The summed E-state index contributed by atoms with van der Waals surface area (Å²) >= 11 is 0.992. The molecule has 0 saturated heterocycles. The lowest BCUT2D eigenvalue weighted by Gasteiger charge is -2.42. The first-order valence-corrected chi connectivity index (χ1v) is 12.6. The third kappa shape index (κ3) is 5.46. The Morgan fingerprint density at radius 3 is 2.22 bits per heavy atom. The maximum absolute atomic E-state index is 12.5. The van der Waals surface area contributed by atoms with Crippen LogP contribution in [0.1, 0.15) is 67.5 Å². The number of carbonyl (C=O) groups excluding carboxylic acids is 1. The van der Waals surface area contributed by atoms with Crippen LogP contribution in [0, 0.1) is 28.6 Å². The van der Waals surface area contributed by atoms with Gasteiger partial charge in [0, 0.05) is 13.0 Å². The zero-order valence-electron chi connectivity index (χ0n) is 21.0. The van der Waals surface area contributed by atoms with Crippen molar-refractivity contribution in [2.75, 3.05) is 11.9 Å². The number of aromatic nitrogens is 1. The number of rotatable bonds is 12. The number of carboxylic acid groups (broad SMARTS) is 1. The van der Waals surface area contributed by atoms with E-state index in [2.05, 4.69) is 17.1 Å². The van der Waals surface area contributed by atoms with Crippen LogP contribution in [0.15, 0.2) is 35.4 Å². The van der Waals surface area contributed by atoms with Gasteiger partial charge in [-0.25, -0.2) is 9.78 Å². The van der Waals surface area contributed by atoms with Crippen molar-refractivity contribution < 1.29 is 14.7 Å². The van der Waals surface area contributed by atoms with Crippen LogP contribution < -0.4 is 16.4 Å². The quantitative estimate of drug-likeness (QED) is 0.285. The van der Waals surface area contributed by atoms with E-state index in [0.717, 1.165) is 18.2 Å². The topological polar surface area (TPSA) is 170 Å². The second kappa shape index (κ2) is 12.4. The van der Waals surface area contributed by atoms with Crippen LogP contribution in [0.25, 0.3) is 0 Å². The van der Waals surface area contributed by atoms with Crippen molar-refractivity contribution in [1.82, 2.24) is 4.98 Å². The number of hydrogen-bond donors (Lipinski definition) is 3. The van der Waals surface area contributed by atoms with Crippen LogP contribution in [0.3, 0.4) is 0 Å². The zero-order valence-corrected chi connectivity index (χ0v) is 21.8. The van der Waals surface area contributed by atoms with Crippen molar-refractivity contribution in [3.8, 4) is 12.1 Å². The molecular formula is C26H32N6O3S. The number of thioether (sulfide) groups is 1. The molecule has 1 aromatic carbocycles. The summed E-state index contributed by atoms with van der Waals surface area (Å²) in [6, 6.07) is 13.1. The number of carbonyl (C=O) groups is 2. The van der Waals surface area contributed by atoms with Crippen LogP contribution in [0.5, 0.6) is 0 Å². The van der Waals surface area contributed by atoms with E-state index in [1.807, 2.05) is 19.9 Å². The molecule has 2 aromatic rings. The molecule has 0 saturated carbocycles. The number of pyridine rings is 1. The SMILES string of the molecule is CCCC(CC)[C@@](N)(C(=O)O)N(C)c1nc(SC(C(N)=O)c2ccccc2)c(C#N)c(CC)c1C#N. The molecule has 0 aliphatic carbocycles. The van der Waals surface area contributed by atoms with Gasteiger partial charge in [-0.05, 0) is 30.4 Å². The van der Waals surface area contributed by atoms with E-state index in [4.69, 9.17) is 11.5 Å². The lowest BCUT2D eigenvalue weighted by Crippen LogP contribution is -2.65. The van der Waals surface area contributed by atoms with Crippen LogP contribution in [0.2, 0.25) is 0 Å². The number of benzene rings is 1. The summed E-state index contributed by atoms with van der Waals surface area (Å²) in [6.07, 6.45) is 2.09. The standard InChI is InChI=1S/C26H32N6O3S/c1-5-11-17(6-2)26(30,25(34)35)32(4)23-19(14-27)18(7-3)20(15-28)24(31-23)36-21(22(29)33)16-12-9-8-10-13-16/h8-10,12-13,17,21H,5-7,11,30H2,1-4H3,(H2,29,33)(H,34,35)/t17?,21?,26-/m0/s1. The molecule has 0 aliphatic heterocycles. The molecule has 1 aromatic heterocycles. The van der Waals surface area contributed by atoms with E-state index in [-0.39, 0.29) is 22.0 Å². The average Bonchev–Trinajstić information content (AvgIpc) is 2.88. The van der Waals surface area contributed by atoms with E-state index in [1.54, 1.807) is 31.2 Å². The van der Waals surface area contributed by atoms with E-state index >= 15 is 0 Å². The lowest BCUT2D eigenvalue weighted by atomic mass is 9.85. The number of amides is 1. The molecule has 2 rings (SSSR count). The summed E-state index contributed by atoms with van der Waals surface area (Å²) < 4.78 is 0. The molecule has 5 N–H and O–H groups in total. The molecular weight excluding hydrogens is 476 g/mol. The van der Waals surface area contributed by atoms with Crippen molar-refractivity contribution in [1.29, 1.82) is 10.5 Å². The number of aliphatic carboxylic acids is 1. The molecule has 36 heavy (non-hydrogen) atoms. The van der Waals surface area contributed by atoms with Gasteiger partial charge in [-0.15, -0.1) is 0 Å². The number of hydrogen-bond acceptors (Lipinski definition) is 8. The highest BCUT2D eigenvalue weighted by Crippen LogP contribution is 2.41. The number of nitrogens with zero attached hydrogens (tertiary/aromatic N) is 4. The van der Waals surface area contributed by atoms with Gasteiger partial charge >= 0.3 is 5.97 Å². The van der Waals surface area contributed by atoms with E-state index in [0.29, 0.717) is 30.4 Å². The summed E-state index contributed by atoms with van der Waals surface area (Å²) in [5.74, 6) is -2.25. The Kier molecular flexibility index (Phi) is 9.85. The Balaban J connectivity index is 2.81. The van der Waals surface area contributed by atoms with Crippen molar-refractivity contribution in [2.45, 2.75) is 62.4 Å². The van der Waals surface area contributed by atoms with Crippen LogP contribution in [-0.4, -0.2) is 34.7 Å². The molecule has 190 valence electrons. The van der Waals surface area contributed by atoms with Gasteiger partial charge in [-0.3, -0.25) is 10.5 Å². The van der Waals surface area contributed by atoms with Crippen molar-refractivity contribution in [3.63, 3.8) is 0 Å². The second-order valence-corrected chi connectivity index (χ2v) is 9.53. The summed E-state index contributed by atoms with van der Waals surface area (Å²) in [4.78, 5) is 30.8. The minimum absolute atomic E-state index is 0.0478. The van der Waals surface area contributed by atoms with Gasteiger partial charge in [-0.1, -0.05) is 69.3 Å². The molecule has 1 heterocycles. The fraction of sp³-hybridized carbons (Fsp3) is 0.423. The van der Waals surface area contributed by atoms with Gasteiger partial charge in [0.2, 0.25) is 5.91 Å². The molecule has 0 aliphatic rings. The van der Waals surface area contributed by atoms with Crippen molar-refractivity contribution in [2.24, 2.45) is 17.4 Å². The second-order valence-electron chi connectivity index (χ2n) is 8.44. The fourth-order valence-corrected chi connectivity index (χ4v) is 5.45. The molecule has 0 radical (unpaired) electrons.